The Hall–Kier alpha value is -2.69. The lowest BCUT2D eigenvalue weighted by Gasteiger charge is -2.29. The number of esters is 2. The van der Waals surface area contributed by atoms with Crippen LogP contribution in [0, 0.1) is 11.8 Å². The molecule has 0 saturated heterocycles. The van der Waals surface area contributed by atoms with E-state index in [4.69, 9.17) is 9.47 Å². The lowest BCUT2D eigenvalue weighted by atomic mass is 9.79. The highest BCUT2D eigenvalue weighted by Crippen LogP contribution is 2.34. The third-order valence-electron chi connectivity index (χ3n) is 4.21. The number of allylic oxidation sites excluding steroid dienone is 2. The fourth-order valence-electron chi connectivity index (χ4n) is 3.09. The zero-order valence-corrected chi connectivity index (χ0v) is 15.7. The maximum atomic E-state index is 12.6. The van der Waals surface area contributed by atoms with Crippen LogP contribution in [0.1, 0.15) is 33.3 Å². The van der Waals surface area contributed by atoms with Crippen molar-refractivity contribution in [1.82, 2.24) is 0 Å². The Morgan fingerprint density at radius 2 is 1.73 bits per heavy atom. The summed E-state index contributed by atoms with van der Waals surface area (Å²) in [5.41, 5.74) is 2.60. The number of nitrogens with zero attached hydrogens (tertiary/aromatic N) is 1. The molecule has 1 aromatic rings. The van der Waals surface area contributed by atoms with Gasteiger partial charge in [0, 0.05) is 17.3 Å². The molecular formula is C21H25NO4. The first-order valence-electron chi connectivity index (χ1n) is 8.82. The Bertz CT molecular complexity index is 747. The second-order valence-electron chi connectivity index (χ2n) is 6.00. The molecule has 5 nitrogen and oxygen atoms in total. The van der Waals surface area contributed by atoms with E-state index in [0.29, 0.717) is 17.0 Å². The molecule has 0 aromatic heterocycles. The summed E-state index contributed by atoms with van der Waals surface area (Å²) < 4.78 is 10.4. The van der Waals surface area contributed by atoms with Crippen molar-refractivity contribution in [3.8, 4) is 0 Å². The number of carbonyl (C=O) groups excluding carboxylic acids is 2. The van der Waals surface area contributed by atoms with Gasteiger partial charge in [-0.1, -0.05) is 42.5 Å². The molecule has 0 aliphatic carbocycles. The van der Waals surface area contributed by atoms with E-state index in [1.165, 1.54) is 0 Å². The van der Waals surface area contributed by atoms with Gasteiger partial charge in [-0.2, -0.15) is 0 Å². The van der Waals surface area contributed by atoms with E-state index >= 15 is 0 Å². The molecule has 26 heavy (non-hydrogen) atoms. The van der Waals surface area contributed by atoms with Gasteiger partial charge in [-0.3, -0.25) is 9.79 Å². The molecule has 5 heteroatoms. The molecule has 2 rings (SSSR count). The predicted octanol–water partition coefficient (Wildman–Crippen LogP) is 3.81. The minimum Gasteiger partial charge on any atom is -0.465 e. The van der Waals surface area contributed by atoms with Gasteiger partial charge in [0.25, 0.3) is 0 Å². The Labute approximate surface area is 154 Å². The van der Waals surface area contributed by atoms with Crippen LogP contribution < -0.4 is 0 Å². The molecule has 2 atom stereocenters. The van der Waals surface area contributed by atoms with Crippen LogP contribution in [0.2, 0.25) is 0 Å². The molecule has 2 unspecified atom stereocenters. The van der Waals surface area contributed by atoms with Gasteiger partial charge in [0.05, 0.1) is 18.8 Å². The molecule has 0 N–H and O–H groups in total. The summed E-state index contributed by atoms with van der Waals surface area (Å²) in [5, 5.41) is 0. The van der Waals surface area contributed by atoms with Crippen molar-refractivity contribution in [2.45, 2.75) is 27.7 Å². The normalized spacial score (nSPS) is 20.1. The van der Waals surface area contributed by atoms with Gasteiger partial charge in [0.15, 0.2) is 0 Å². The molecule has 0 fully saturated rings. The molecule has 1 aliphatic rings. The molecule has 1 heterocycles. The highest BCUT2D eigenvalue weighted by atomic mass is 16.5. The van der Waals surface area contributed by atoms with E-state index in [2.05, 4.69) is 4.99 Å². The van der Waals surface area contributed by atoms with Gasteiger partial charge in [0.2, 0.25) is 0 Å². The van der Waals surface area contributed by atoms with Crippen LogP contribution in [-0.4, -0.2) is 30.9 Å². The highest BCUT2D eigenvalue weighted by Gasteiger charge is 2.39. The average Bonchev–Trinajstić information content (AvgIpc) is 2.60. The zero-order chi connectivity index (χ0) is 19.1. The van der Waals surface area contributed by atoms with E-state index in [1.807, 2.05) is 42.5 Å². The molecule has 1 aliphatic heterocycles. The Morgan fingerprint density at radius 1 is 1.08 bits per heavy atom. The van der Waals surface area contributed by atoms with E-state index in [1.54, 1.807) is 27.7 Å². The molecule has 0 spiro atoms. The molecule has 1 aromatic carbocycles. The topological polar surface area (TPSA) is 65.0 Å². The fraction of sp³-hybridized carbons (Fsp3) is 0.381. The van der Waals surface area contributed by atoms with Crippen molar-refractivity contribution in [3.63, 3.8) is 0 Å². The molecule has 0 radical (unpaired) electrons. The Morgan fingerprint density at radius 3 is 2.35 bits per heavy atom. The summed E-state index contributed by atoms with van der Waals surface area (Å²) in [6, 6.07) is 9.72. The van der Waals surface area contributed by atoms with Crippen LogP contribution in [-0.2, 0) is 19.1 Å². The molecule has 0 amide bonds. The third-order valence-corrected chi connectivity index (χ3v) is 4.21. The van der Waals surface area contributed by atoms with Crippen LogP contribution in [0.3, 0.4) is 0 Å². The summed E-state index contributed by atoms with van der Waals surface area (Å²) >= 11 is 0. The number of aliphatic imine (C=N–C) groups is 1. The summed E-state index contributed by atoms with van der Waals surface area (Å²) in [6.45, 7) is 7.60. The minimum absolute atomic E-state index is 0.261. The lowest BCUT2D eigenvalue weighted by molar-refractivity contribution is -0.146. The number of hydrogen-bond acceptors (Lipinski definition) is 5. The fourth-order valence-corrected chi connectivity index (χ4v) is 3.09. The standard InChI is InChI=1S/C21H25NO4/c1-5-25-20(23)18-14(3)22-15(4)19(21(24)26-6-2)17(18)13-12-16-10-8-7-9-11-16/h7-13,17-18H,5-6H2,1-4H3. The SMILES string of the molecule is CCOC(=O)C1=C(C)N=C(C)C(C(=O)OCC)C1C=Cc1ccccc1. The predicted molar refractivity (Wildman–Crippen MR) is 102 cm³/mol. The maximum absolute atomic E-state index is 12.6. The van der Waals surface area contributed by atoms with Crippen LogP contribution in [0.5, 0.6) is 0 Å². The van der Waals surface area contributed by atoms with Gasteiger partial charge < -0.3 is 9.47 Å². The Balaban J connectivity index is 2.47. The van der Waals surface area contributed by atoms with Gasteiger partial charge in [-0.25, -0.2) is 4.79 Å². The van der Waals surface area contributed by atoms with E-state index < -0.39 is 17.8 Å². The lowest BCUT2D eigenvalue weighted by Crippen LogP contribution is -2.37. The molecule has 138 valence electrons. The third kappa shape index (κ3) is 4.48. The van der Waals surface area contributed by atoms with Crippen molar-refractivity contribution in [3.05, 3.63) is 53.2 Å². The minimum atomic E-state index is -0.641. The summed E-state index contributed by atoms with van der Waals surface area (Å²) in [6.07, 6.45) is 3.77. The largest absolute Gasteiger partial charge is 0.465 e. The van der Waals surface area contributed by atoms with Crippen LogP contribution in [0.25, 0.3) is 6.08 Å². The number of benzene rings is 1. The summed E-state index contributed by atoms with van der Waals surface area (Å²) in [5.74, 6) is -1.95. The summed E-state index contributed by atoms with van der Waals surface area (Å²) in [4.78, 5) is 29.5. The van der Waals surface area contributed by atoms with E-state index in [0.717, 1.165) is 5.56 Å². The monoisotopic (exact) mass is 355 g/mol. The van der Waals surface area contributed by atoms with Gasteiger partial charge in [-0.15, -0.1) is 0 Å². The summed E-state index contributed by atoms with van der Waals surface area (Å²) in [7, 11) is 0. The van der Waals surface area contributed by atoms with E-state index in [-0.39, 0.29) is 19.2 Å². The molecule has 0 bridgehead atoms. The van der Waals surface area contributed by atoms with Crippen LogP contribution in [0.15, 0.2) is 52.7 Å². The maximum Gasteiger partial charge on any atom is 0.336 e. The first-order chi connectivity index (χ1) is 12.5. The van der Waals surface area contributed by atoms with Gasteiger partial charge in [-0.05, 0) is 33.3 Å². The van der Waals surface area contributed by atoms with Crippen molar-refractivity contribution in [1.29, 1.82) is 0 Å². The first kappa shape index (κ1) is 19.6. The second kappa shape index (κ2) is 9.13. The van der Waals surface area contributed by atoms with Crippen molar-refractivity contribution in [2.75, 3.05) is 13.2 Å². The van der Waals surface area contributed by atoms with Crippen molar-refractivity contribution < 1.29 is 19.1 Å². The Kier molecular flexibility index (Phi) is 6.89. The number of hydrogen-bond donors (Lipinski definition) is 0. The quantitative estimate of drug-likeness (QED) is 0.728. The number of ether oxygens (including phenoxy) is 2. The first-order valence-corrected chi connectivity index (χ1v) is 8.82. The van der Waals surface area contributed by atoms with Gasteiger partial charge in [0.1, 0.15) is 5.92 Å². The second-order valence-corrected chi connectivity index (χ2v) is 6.00. The van der Waals surface area contributed by atoms with Crippen LogP contribution in [0.4, 0.5) is 0 Å². The molecule has 0 saturated carbocycles. The van der Waals surface area contributed by atoms with Crippen molar-refractivity contribution in [2.24, 2.45) is 16.8 Å². The molecular weight excluding hydrogens is 330 g/mol. The highest BCUT2D eigenvalue weighted by molar-refractivity contribution is 6.06. The van der Waals surface area contributed by atoms with E-state index in [9.17, 15) is 9.59 Å². The number of carbonyl (C=O) groups is 2. The van der Waals surface area contributed by atoms with Crippen LogP contribution >= 0.6 is 0 Å². The van der Waals surface area contributed by atoms with Gasteiger partial charge >= 0.3 is 11.9 Å². The van der Waals surface area contributed by atoms with Crippen molar-refractivity contribution >= 4 is 23.7 Å². The average molecular weight is 355 g/mol. The number of rotatable bonds is 6. The zero-order valence-electron chi connectivity index (χ0n) is 15.7. The smallest absolute Gasteiger partial charge is 0.336 e.